The second-order valence-electron chi connectivity index (χ2n) is 12.8. The molecule has 20 nitrogen and oxygen atoms in total. The largest absolute Gasteiger partial charge is 0.494 e. The van der Waals surface area contributed by atoms with Gasteiger partial charge in [-0.1, -0.05) is 18.2 Å². The number of aromatic nitrogens is 8. The van der Waals surface area contributed by atoms with E-state index >= 15 is 0 Å². The highest BCUT2D eigenvalue weighted by Crippen LogP contribution is 2.33. The normalized spacial score (nSPS) is 11.5. The molecule has 0 aliphatic carbocycles. The number of nitrogens with one attached hydrogen (secondary N) is 3. The molecule has 0 saturated carbocycles. The highest BCUT2D eigenvalue weighted by atomic mass is 16.5. The van der Waals surface area contributed by atoms with Gasteiger partial charge in [-0.05, 0) is 50.3 Å². The number of aryl methyl sites for hydroxylation is 2. The van der Waals surface area contributed by atoms with Crippen molar-refractivity contribution in [3.05, 3.63) is 89.0 Å². The lowest BCUT2D eigenvalue weighted by molar-refractivity contribution is 0.0689. The minimum atomic E-state index is -1.14. The number of hydrogen-bond donors (Lipinski definition) is 6. The molecule has 6 rings (SSSR count). The van der Waals surface area contributed by atoms with Crippen molar-refractivity contribution in [1.82, 2.24) is 38.7 Å². The maximum Gasteiger partial charge on any atom is 0.358 e. The Labute approximate surface area is 331 Å². The third-order valence-corrected chi connectivity index (χ3v) is 9.06. The number of carboxylic acid groups (broad SMARTS) is 1. The fourth-order valence-electron chi connectivity index (χ4n) is 6.39. The van der Waals surface area contributed by atoms with Gasteiger partial charge in [-0.15, -0.1) is 0 Å². The summed E-state index contributed by atoms with van der Waals surface area (Å²) in [7, 11) is 4.80. The van der Waals surface area contributed by atoms with E-state index in [1.54, 1.807) is 66.8 Å². The molecule has 0 spiro atoms. The summed E-state index contributed by atoms with van der Waals surface area (Å²) in [5, 5.41) is 26.7. The second-order valence-corrected chi connectivity index (χ2v) is 12.8. The Morgan fingerprint density at radius 2 is 1.41 bits per heavy atom. The zero-order chi connectivity index (χ0) is 41.7. The number of anilines is 3. The predicted molar refractivity (Wildman–Crippen MR) is 216 cm³/mol. The summed E-state index contributed by atoms with van der Waals surface area (Å²) in [4.78, 5) is 58.8. The number of carbonyl (C=O) groups excluding carboxylic acids is 3. The fraction of sp³-hybridized carbons (Fsp3) is 0.263. The molecule has 0 atom stereocenters. The van der Waals surface area contributed by atoms with Crippen LogP contribution in [-0.2, 0) is 26.2 Å². The molecule has 4 aromatic heterocycles. The second kappa shape index (κ2) is 17.0. The third kappa shape index (κ3) is 8.15. The molecule has 2 aromatic carbocycles. The van der Waals surface area contributed by atoms with Crippen molar-refractivity contribution in [3.8, 4) is 11.5 Å². The number of carbonyl (C=O) groups is 4. The fourth-order valence-corrected chi connectivity index (χ4v) is 6.39. The molecule has 6 aromatic rings. The van der Waals surface area contributed by atoms with Gasteiger partial charge < -0.3 is 45.8 Å². The number of hydrogen-bond acceptors (Lipinski definition) is 12. The molecule has 0 aliphatic heterocycles. The van der Waals surface area contributed by atoms with Gasteiger partial charge in [-0.3, -0.25) is 29.1 Å². The van der Waals surface area contributed by atoms with Crippen LogP contribution in [0.2, 0.25) is 0 Å². The molecule has 58 heavy (non-hydrogen) atoms. The molecule has 302 valence electrons. The number of nitrogens with zero attached hydrogens (tertiary/aromatic N) is 8. The zero-order valence-corrected chi connectivity index (χ0v) is 32.4. The van der Waals surface area contributed by atoms with Crippen LogP contribution in [0.1, 0.15) is 54.3 Å². The van der Waals surface area contributed by atoms with Crippen LogP contribution in [0.4, 0.5) is 17.6 Å². The predicted octanol–water partition coefficient (Wildman–Crippen LogP) is 3.24. The Bertz CT molecular complexity index is 2610. The van der Waals surface area contributed by atoms with E-state index in [0.29, 0.717) is 69.7 Å². The third-order valence-electron chi connectivity index (χ3n) is 9.06. The number of ether oxygens (including phenoxy) is 2. The first kappa shape index (κ1) is 40.0. The first-order valence-corrected chi connectivity index (χ1v) is 18.0. The standard InChI is InChI=1S/C38H43N13O7/c1-6-51-27(15-21(2)46-51)35(54)45-38-44-24-16-22(33(39)52)18-28(57-5)31(24)50(38)13-8-7-12-49-32-25(43-37(49)42-4)17-23(34(40)53)19-29(32)58-14-10-9-11-48-20-26(41-3)30(47-48)36(55)56/h7-10,15-20,41H,6,11-14H2,1-5H3,(H2,39,52)(H2,40,53)(H,42,43)(H,55,56)(H,44,45,54)/b8-7+,10-9+. The molecule has 0 radical (unpaired) electrons. The summed E-state index contributed by atoms with van der Waals surface area (Å²) >= 11 is 0. The number of carboxylic acids is 1. The summed E-state index contributed by atoms with van der Waals surface area (Å²) in [6.07, 6.45) is 8.86. The van der Waals surface area contributed by atoms with Crippen LogP contribution >= 0.6 is 0 Å². The van der Waals surface area contributed by atoms with Gasteiger partial charge in [0.05, 0.1) is 36.1 Å². The van der Waals surface area contributed by atoms with Gasteiger partial charge in [0.25, 0.3) is 5.91 Å². The quantitative estimate of drug-likeness (QED) is 0.0684. The number of imidazole rings is 2. The molecular formula is C38H43N13O7. The number of benzene rings is 2. The summed E-state index contributed by atoms with van der Waals surface area (Å²) < 4.78 is 18.5. The molecule has 0 aliphatic rings. The lowest BCUT2D eigenvalue weighted by Crippen LogP contribution is -2.20. The van der Waals surface area contributed by atoms with Gasteiger partial charge in [-0.25, -0.2) is 14.8 Å². The smallest absolute Gasteiger partial charge is 0.358 e. The number of fused-ring (bicyclic) bond motifs is 2. The zero-order valence-electron chi connectivity index (χ0n) is 32.4. The van der Waals surface area contributed by atoms with E-state index in [1.807, 2.05) is 23.6 Å². The molecular weight excluding hydrogens is 751 g/mol. The summed E-state index contributed by atoms with van der Waals surface area (Å²) in [5.74, 6) is -1.50. The van der Waals surface area contributed by atoms with Gasteiger partial charge in [0.15, 0.2) is 5.69 Å². The Balaban J connectivity index is 1.29. The van der Waals surface area contributed by atoms with Crippen LogP contribution in [0.25, 0.3) is 22.1 Å². The van der Waals surface area contributed by atoms with Crippen molar-refractivity contribution in [1.29, 1.82) is 0 Å². The average Bonchev–Trinajstić information content (AvgIpc) is 3.98. The van der Waals surface area contributed by atoms with Gasteiger partial charge in [0, 0.05) is 51.1 Å². The van der Waals surface area contributed by atoms with Crippen LogP contribution in [0.5, 0.6) is 11.5 Å². The molecule has 8 N–H and O–H groups in total. The Morgan fingerprint density at radius 1 is 0.810 bits per heavy atom. The van der Waals surface area contributed by atoms with E-state index in [4.69, 9.17) is 20.9 Å². The number of rotatable bonds is 18. The molecule has 0 bridgehead atoms. The number of allylic oxidation sites excluding steroid dienone is 3. The first-order valence-electron chi connectivity index (χ1n) is 18.0. The maximum atomic E-state index is 13.5. The van der Waals surface area contributed by atoms with Crippen molar-refractivity contribution >= 4 is 63.3 Å². The van der Waals surface area contributed by atoms with Crippen molar-refractivity contribution in [3.63, 3.8) is 0 Å². The van der Waals surface area contributed by atoms with Crippen molar-refractivity contribution in [2.45, 2.75) is 40.0 Å². The molecule has 0 unspecified atom stereocenters. The van der Waals surface area contributed by atoms with Crippen LogP contribution < -0.4 is 36.9 Å². The molecule has 0 saturated heterocycles. The van der Waals surface area contributed by atoms with Crippen molar-refractivity contribution in [2.75, 3.05) is 43.8 Å². The Kier molecular flexibility index (Phi) is 11.7. The molecule has 3 amide bonds. The minimum absolute atomic E-state index is 0.0872. The SMILES string of the molecule is CCn1nc(C)cc1C(=O)Nc1nc2cc(C(N)=O)cc(OC)c2n1C/C=C/Cn1c(NC)nc2cc(C(N)=O)cc(OC/C=C/Cn3cc(NC)c(C(=O)O)n3)c21. The van der Waals surface area contributed by atoms with Crippen molar-refractivity contribution < 1.29 is 33.8 Å². The maximum absolute atomic E-state index is 13.5. The summed E-state index contributed by atoms with van der Waals surface area (Å²) in [6.45, 7) is 5.06. The van der Waals surface area contributed by atoms with E-state index in [9.17, 15) is 24.3 Å². The molecule has 0 fully saturated rings. The monoisotopic (exact) mass is 793 g/mol. The topological polar surface area (TPSA) is 266 Å². The molecule has 20 heteroatoms. The Morgan fingerprint density at radius 3 is 1.98 bits per heavy atom. The number of amides is 3. The van der Waals surface area contributed by atoms with Crippen LogP contribution in [-0.4, -0.2) is 95.3 Å². The van der Waals surface area contributed by atoms with Gasteiger partial charge in [0.2, 0.25) is 23.7 Å². The molecule has 4 heterocycles. The number of primary amides is 2. The van der Waals surface area contributed by atoms with Crippen LogP contribution in [0, 0.1) is 6.92 Å². The lowest BCUT2D eigenvalue weighted by Gasteiger charge is -2.12. The van der Waals surface area contributed by atoms with E-state index < -0.39 is 23.7 Å². The van der Waals surface area contributed by atoms with E-state index in [1.165, 1.54) is 23.9 Å². The number of nitrogens with two attached hydrogens (primary N) is 2. The van der Waals surface area contributed by atoms with E-state index in [-0.39, 0.29) is 42.5 Å². The summed E-state index contributed by atoms with van der Waals surface area (Å²) in [5.41, 5.74) is 15.0. The highest BCUT2D eigenvalue weighted by molar-refractivity contribution is 6.04. The Hall–Kier alpha value is -7.64. The average molecular weight is 794 g/mol. The van der Waals surface area contributed by atoms with Crippen molar-refractivity contribution in [2.24, 2.45) is 11.5 Å². The van der Waals surface area contributed by atoms with Gasteiger partial charge in [-0.2, -0.15) is 10.2 Å². The summed E-state index contributed by atoms with van der Waals surface area (Å²) in [6, 6.07) is 7.89. The van der Waals surface area contributed by atoms with Crippen LogP contribution in [0.3, 0.4) is 0 Å². The van der Waals surface area contributed by atoms with Gasteiger partial charge in [0.1, 0.15) is 34.8 Å². The minimum Gasteiger partial charge on any atom is -0.494 e. The lowest BCUT2D eigenvalue weighted by atomic mass is 10.1. The van der Waals surface area contributed by atoms with Gasteiger partial charge >= 0.3 is 5.97 Å². The van der Waals surface area contributed by atoms with E-state index in [2.05, 4.69) is 36.1 Å². The number of aromatic carboxylic acids is 1. The van der Waals surface area contributed by atoms with Crippen LogP contribution in [0.15, 0.2) is 60.8 Å². The first-order chi connectivity index (χ1) is 27.9. The highest BCUT2D eigenvalue weighted by Gasteiger charge is 2.22. The van der Waals surface area contributed by atoms with E-state index in [0.717, 1.165) is 0 Å². The number of methoxy groups -OCH3 is 1.